The van der Waals surface area contributed by atoms with Crippen LogP contribution in [0, 0.1) is 13.8 Å². The van der Waals surface area contributed by atoms with Crippen molar-refractivity contribution in [2.24, 2.45) is 0 Å². The third-order valence-corrected chi connectivity index (χ3v) is 4.74. The van der Waals surface area contributed by atoms with Gasteiger partial charge in [0.1, 0.15) is 5.76 Å². The molecule has 1 aliphatic rings. The summed E-state index contributed by atoms with van der Waals surface area (Å²) < 4.78 is 7.19. The quantitative estimate of drug-likeness (QED) is 0.760. The normalized spacial score (nSPS) is 15.5. The van der Waals surface area contributed by atoms with E-state index in [1.54, 1.807) is 0 Å². The summed E-state index contributed by atoms with van der Waals surface area (Å²) in [4.78, 5) is 4.67. The van der Waals surface area contributed by atoms with Crippen LogP contribution in [0.4, 0.5) is 5.69 Å². The van der Waals surface area contributed by atoms with Crippen molar-refractivity contribution >= 4 is 5.69 Å². The first kappa shape index (κ1) is 16.8. The molecule has 0 saturated carbocycles. The topological polar surface area (TPSA) is 62.4 Å². The van der Waals surface area contributed by atoms with Gasteiger partial charge in [0, 0.05) is 18.3 Å². The molecule has 26 heavy (non-hydrogen) atoms. The Hall–Kier alpha value is -2.64. The molecular weight excluding hydrogens is 328 g/mol. The predicted octanol–water partition coefficient (Wildman–Crippen LogP) is 2.32. The third kappa shape index (κ3) is 3.63. The number of rotatable bonds is 5. The van der Waals surface area contributed by atoms with Gasteiger partial charge in [-0.05, 0) is 19.4 Å². The molecule has 0 aliphatic carbocycles. The molecule has 3 aromatic rings. The van der Waals surface area contributed by atoms with Crippen LogP contribution in [-0.2, 0) is 13.1 Å². The molecule has 1 saturated heterocycles. The van der Waals surface area contributed by atoms with Gasteiger partial charge >= 0.3 is 0 Å². The minimum atomic E-state index is 0.677. The van der Waals surface area contributed by atoms with Crippen LogP contribution in [0.15, 0.2) is 47.2 Å². The first-order valence-electron chi connectivity index (χ1n) is 8.85. The first-order valence-corrected chi connectivity index (χ1v) is 8.85. The van der Waals surface area contributed by atoms with E-state index in [2.05, 4.69) is 61.9 Å². The van der Waals surface area contributed by atoms with E-state index in [1.165, 1.54) is 5.56 Å². The lowest BCUT2D eigenvalue weighted by Gasteiger charge is -2.36. The predicted molar refractivity (Wildman–Crippen MR) is 99.5 cm³/mol. The molecule has 7 nitrogen and oxygen atoms in total. The molecule has 136 valence electrons. The van der Waals surface area contributed by atoms with Crippen LogP contribution < -0.4 is 10.2 Å². The van der Waals surface area contributed by atoms with E-state index in [0.717, 1.165) is 49.3 Å². The molecule has 0 radical (unpaired) electrons. The maximum atomic E-state index is 5.24. The van der Waals surface area contributed by atoms with Gasteiger partial charge in [-0.2, -0.15) is 5.10 Å². The van der Waals surface area contributed by atoms with Gasteiger partial charge in [0.05, 0.1) is 44.1 Å². The smallest absolute Gasteiger partial charge is 0.138 e. The van der Waals surface area contributed by atoms with Gasteiger partial charge in [0.25, 0.3) is 0 Å². The van der Waals surface area contributed by atoms with Gasteiger partial charge < -0.3 is 9.42 Å². The van der Waals surface area contributed by atoms with Crippen molar-refractivity contribution in [1.82, 2.24) is 25.2 Å². The molecule has 1 N–H and O–H groups in total. The lowest BCUT2D eigenvalue weighted by molar-refractivity contribution is 0.209. The van der Waals surface area contributed by atoms with E-state index in [4.69, 9.17) is 4.52 Å². The Morgan fingerprint density at radius 2 is 1.96 bits per heavy atom. The molecule has 7 heteroatoms. The first-order chi connectivity index (χ1) is 12.7. The number of aromatic nitrogens is 3. The molecule has 0 unspecified atom stereocenters. The van der Waals surface area contributed by atoms with Crippen molar-refractivity contribution in [3.8, 4) is 0 Å². The molecule has 0 amide bonds. The highest BCUT2D eigenvalue weighted by Crippen LogP contribution is 2.18. The van der Waals surface area contributed by atoms with Crippen molar-refractivity contribution in [2.45, 2.75) is 26.9 Å². The summed E-state index contributed by atoms with van der Waals surface area (Å²) in [5.41, 5.74) is 4.46. The monoisotopic (exact) mass is 352 g/mol. The zero-order valence-corrected chi connectivity index (χ0v) is 15.2. The van der Waals surface area contributed by atoms with Crippen LogP contribution in [0.2, 0.25) is 0 Å². The number of nitrogens with zero attached hydrogens (tertiary/aromatic N) is 5. The van der Waals surface area contributed by atoms with Crippen molar-refractivity contribution < 1.29 is 4.52 Å². The second-order valence-electron chi connectivity index (χ2n) is 6.76. The summed E-state index contributed by atoms with van der Waals surface area (Å²) in [6, 6.07) is 10.6. The fraction of sp³-hybridized carbons (Fsp3) is 0.368. The van der Waals surface area contributed by atoms with Crippen LogP contribution >= 0.6 is 0 Å². The SMILES string of the molecule is Cc1noc(C)c1Cn1cc(N2CNCN(Cc3ccccc3)C2)cn1. The van der Waals surface area contributed by atoms with E-state index in [9.17, 15) is 0 Å². The van der Waals surface area contributed by atoms with Gasteiger partial charge in [-0.3, -0.25) is 14.9 Å². The Balaban J connectivity index is 1.42. The van der Waals surface area contributed by atoms with E-state index in [-0.39, 0.29) is 0 Å². The van der Waals surface area contributed by atoms with Gasteiger partial charge in [0.15, 0.2) is 0 Å². The fourth-order valence-electron chi connectivity index (χ4n) is 3.30. The van der Waals surface area contributed by atoms with Gasteiger partial charge in [-0.15, -0.1) is 0 Å². The Kier molecular flexibility index (Phi) is 4.73. The molecule has 3 heterocycles. The van der Waals surface area contributed by atoms with Crippen LogP contribution in [0.5, 0.6) is 0 Å². The third-order valence-electron chi connectivity index (χ3n) is 4.74. The van der Waals surface area contributed by atoms with E-state index in [1.807, 2.05) is 24.7 Å². The second kappa shape index (κ2) is 7.31. The zero-order chi connectivity index (χ0) is 17.9. The summed E-state index contributed by atoms with van der Waals surface area (Å²) >= 11 is 0. The molecule has 1 aromatic carbocycles. The Bertz CT molecular complexity index is 837. The highest BCUT2D eigenvalue weighted by atomic mass is 16.5. The Morgan fingerprint density at radius 1 is 1.12 bits per heavy atom. The number of nitrogens with one attached hydrogen (secondary N) is 1. The average Bonchev–Trinajstić information content (AvgIpc) is 3.25. The highest BCUT2D eigenvalue weighted by Gasteiger charge is 2.19. The Morgan fingerprint density at radius 3 is 2.73 bits per heavy atom. The van der Waals surface area contributed by atoms with Crippen LogP contribution in [0.3, 0.4) is 0 Å². The van der Waals surface area contributed by atoms with Crippen molar-refractivity contribution in [1.29, 1.82) is 0 Å². The van der Waals surface area contributed by atoms with E-state index in [0.29, 0.717) is 6.54 Å². The maximum absolute atomic E-state index is 5.24. The largest absolute Gasteiger partial charge is 0.361 e. The molecule has 1 aliphatic heterocycles. The summed E-state index contributed by atoms with van der Waals surface area (Å²) in [5.74, 6) is 0.855. The maximum Gasteiger partial charge on any atom is 0.138 e. The molecule has 1 fully saturated rings. The zero-order valence-electron chi connectivity index (χ0n) is 15.2. The summed E-state index contributed by atoms with van der Waals surface area (Å²) in [6.45, 7) is 8.09. The second-order valence-corrected chi connectivity index (χ2v) is 6.76. The summed E-state index contributed by atoms with van der Waals surface area (Å²) in [7, 11) is 0. The summed E-state index contributed by atoms with van der Waals surface area (Å²) in [5, 5.41) is 12.0. The summed E-state index contributed by atoms with van der Waals surface area (Å²) in [6.07, 6.45) is 4.01. The van der Waals surface area contributed by atoms with E-state index < -0.39 is 0 Å². The molecule has 2 aromatic heterocycles. The number of anilines is 1. The number of benzene rings is 1. The molecule has 4 rings (SSSR count). The number of hydrogen-bond donors (Lipinski definition) is 1. The molecule has 0 spiro atoms. The van der Waals surface area contributed by atoms with Crippen molar-refractivity contribution in [3.63, 3.8) is 0 Å². The van der Waals surface area contributed by atoms with Crippen LogP contribution in [0.25, 0.3) is 0 Å². The molecule has 0 atom stereocenters. The van der Waals surface area contributed by atoms with Crippen molar-refractivity contribution in [3.05, 3.63) is 65.3 Å². The van der Waals surface area contributed by atoms with Crippen LogP contribution in [-0.4, -0.2) is 39.8 Å². The average molecular weight is 352 g/mol. The number of aryl methyl sites for hydroxylation is 2. The van der Waals surface area contributed by atoms with Crippen LogP contribution in [0.1, 0.15) is 22.6 Å². The minimum absolute atomic E-state index is 0.677. The van der Waals surface area contributed by atoms with E-state index >= 15 is 0 Å². The lowest BCUT2D eigenvalue weighted by Crippen LogP contribution is -2.52. The fourth-order valence-corrected chi connectivity index (χ4v) is 3.30. The highest BCUT2D eigenvalue weighted by molar-refractivity contribution is 5.42. The lowest BCUT2D eigenvalue weighted by atomic mass is 10.2. The van der Waals surface area contributed by atoms with Gasteiger partial charge in [-0.1, -0.05) is 35.5 Å². The molecular formula is C19H24N6O. The van der Waals surface area contributed by atoms with Gasteiger partial charge in [-0.25, -0.2) is 0 Å². The standard InChI is InChI=1S/C19H24N6O/c1-15-19(16(2)26-22-15)11-25-10-18(8-21-25)24-13-20-12-23(14-24)9-17-6-4-3-5-7-17/h3-8,10,20H,9,11-14H2,1-2H3. The van der Waals surface area contributed by atoms with Gasteiger partial charge in [0.2, 0.25) is 0 Å². The van der Waals surface area contributed by atoms with Crippen molar-refractivity contribution in [2.75, 3.05) is 24.9 Å². The molecule has 0 bridgehead atoms. The Labute approximate surface area is 153 Å². The number of hydrogen-bond acceptors (Lipinski definition) is 6. The minimum Gasteiger partial charge on any atom is -0.361 e.